The maximum absolute atomic E-state index is 12.9. The third kappa shape index (κ3) is 2.41. The van der Waals surface area contributed by atoms with E-state index in [1.165, 1.54) is 5.56 Å². The van der Waals surface area contributed by atoms with Crippen LogP contribution in [0.15, 0.2) is 47.3 Å². The fraction of sp³-hybridized carbons (Fsp3) is 0.318. The zero-order valence-corrected chi connectivity index (χ0v) is 15.6. The van der Waals surface area contributed by atoms with Crippen molar-refractivity contribution >= 4 is 5.69 Å². The first-order valence-electron chi connectivity index (χ1n) is 9.54. The summed E-state index contributed by atoms with van der Waals surface area (Å²) in [7, 11) is 0. The molecule has 3 aromatic rings. The van der Waals surface area contributed by atoms with E-state index in [9.17, 15) is 4.79 Å². The summed E-state index contributed by atoms with van der Waals surface area (Å²) in [6.07, 6.45) is 4.25. The van der Waals surface area contributed by atoms with Gasteiger partial charge in [0.25, 0.3) is 5.56 Å². The lowest BCUT2D eigenvalue weighted by molar-refractivity contribution is 0.300. The standard InChI is InChI=1S/C22H22N4O/c1-14-9-10-16(13-15(14)2)19-21(27)23-20-17-7-3-4-8-18(17)24-22(26(20)25-19)11-5-6-12-22/h3-4,7-10,13,24H,5-6,11-12H2,1-2H3. The summed E-state index contributed by atoms with van der Waals surface area (Å²) in [6, 6.07) is 14.1. The number of anilines is 1. The molecule has 1 aliphatic heterocycles. The molecule has 5 heteroatoms. The van der Waals surface area contributed by atoms with E-state index in [1.807, 2.05) is 41.1 Å². The molecule has 1 spiro atoms. The lowest BCUT2D eigenvalue weighted by atomic mass is 10.0. The van der Waals surface area contributed by atoms with E-state index in [0.29, 0.717) is 11.5 Å². The molecule has 0 radical (unpaired) electrons. The maximum Gasteiger partial charge on any atom is 0.300 e. The first kappa shape index (κ1) is 16.2. The summed E-state index contributed by atoms with van der Waals surface area (Å²) < 4.78 is 1.98. The summed E-state index contributed by atoms with van der Waals surface area (Å²) >= 11 is 0. The zero-order chi connectivity index (χ0) is 18.6. The van der Waals surface area contributed by atoms with Gasteiger partial charge in [0.15, 0.2) is 11.5 Å². The molecule has 0 bridgehead atoms. The Morgan fingerprint density at radius 2 is 1.81 bits per heavy atom. The smallest absolute Gasteiger partial charge is 0.300 e. The number of aromatic nitrogens is 3. The van der Waals surface area contributed by atoms with Crippen molar-refractivity contribution in [2.24, 2.45) is 0 Å². The molecular weight excluding hydrogens is 336 g/mol. The van der Waals surface area contributed by atoms with Gasteiger partial charge >= 0.3 is 0 Å². The minimum atomic E-state index is -0.293. The Morgan fingerprint density at radius 3 is 2.59 bits per heavy atom. The predicted octanol–water partition coefficient (Wildman–Crippen LogP) is 4.24. The monoisotopic (exact) mass is 358 g/mol. The average molecular weight is 358 g/mol. The largest absolute Gasteiger partial charge is 0.361 e. The highest BCUT2D eigenvalue weighted by Gasteiger charge is 2.42. The second-order valence-electron chi connectivity index (χ2n) is 7.71. The second kappa shape index (κ2) is 5.78. The summed E-state index contributed by atoms with van der Waals surface area (Å²) in [4.78, 5) is 17.4. The van der Waals surface area contributed by atoms with Gasteiger partial charge in [0, 0.05) is 16.8 Å². The molecule has 2 aromatic carbocycles. The first-order valence-corrected chi connectivity index (χ1v) is 9.54. The fourth-order valence-corrected chi connectivity index (χ4v) is 4.32. The van der Waals surface area contributed by atoms with Crippen LogP contribution in [0, 0.1) is 13.8 Å². The van der Waals surface area contributed by atoms with Crippen LogP contribution in [0.1, 0.15) is 36.8 Å². The molecule has 0 unspecified atom stereocenters. The number of fused-ring (bicyclic) bond motifs is 4. The van der Waals surface area contributed by atoms with Crippen LogP contribution in [0.3, 0.4) is 0 Å². The van der Waals surface area contributed by atoms with Crippen molar-refractivity contribution in [3.05, 3.63) is 63.9 Å². The minimum Gasteiger partial charge on any atom is -0.361 e. The summed E-state index contributed by atoms with van der Waals surface area (Å²) in [5, 5.41) is 8.57. The molecule has 0 amide bonds. The predicted molar refractivity (Wildman–Crippen MR) is 107 cm³/mol. The highest BCUT2D eigenvalue weighted by molar-refractivity contribution is 5.76. The Kier molecular flexibility index (Phi) is 3.47. The van der Waals surface area contributed by atoms with E-state index in [2.05, 4.69) is 30.2 Å². The summed E-state index contributed by atoms with van der Waals surface area (Å²) in [5.74, 6) is 0.670. The Bertz CT molecular complexity index is 1110. The molecule has 27 heavy (non-hydrogen) atoms. The summed E-state index contributed by atoms with van der Waals surface area (Å²) in [6.45, 7) is 4.12. The number of hydrogen-bond acceptors (Lipinski definition) is 4. The van der Waals surface area contributed by atoms with Gasteiger partial charge in [0.1, 0.15) is 5.66 Å². The number of rotatable bonds is 1. The van der Waals surface area contributed by atoms with Crippen molar-refractivity contribution in [3.8, 4) is 22.6 Å². The van der Waals surface area contributed by atoms with Crippen LogP contribution in [0.4, 0.5) is 5.69 Å². The van der Waals surface area contributed by atoms with Gasteiger partial charge in [-0.25, -0.2) is 4.68 Å². The van der Waals surface area contributed by atoms with Crippen LogP contribution < -0.4 is 10.9 Å². The number of nitrogens with one attached hydrogen (secondary N) is 1. The second-order valence-corrected chi connectivity index (χ2v) is 7.71. The van der Waals surface area contributed by atoms with Gasteiger partial charge in [-0.05, 0) is 68.9 Å². The Morgan fingerprint density at radius 1 is 1.04 bits per heavy atom. The lowest BCUT2D eigenvalue weighted by Gasteiger charge is -2.39. The zero-order valence-electron chi connectivity index (χ0n) is 15.6. The number of nitrogens with zero attached hydrogens (tertiary/aromatic N) is 3. The molecule has 0 saturated heterocycles. The number of para-hydroxylation sites is 1. The molecule has 0 atom stereocenters. The minimum absolute atomic E-state index is 0.269. The Hall–Kier alpha value is -2.95. The van der Waals surface area contributed by atoms with Gasteiger partial charge in [-0.3, -0.25) is 4.79 Å². The third-order valence-corrected chi connectivity index (χ3v) is 5.96. The molecule has 5 nitrogen and oxygen atoms in total. The Balaban J connectivity index is 1.77. The fourth-order valence-electron chi connectivity index (χ4n) is 4.32. The van der Waals surface area contributed by atoms with Gasteiger partial charge in [0.05, 0.1) is 0 Å². The molecule has 1 aliphatic carbocycles. The third-order valence-electron chi connectivity index (χ3n) is 5.96. The SMILES string of the molecule is Cc1ccc(-c2nn3c(nc2=O)-c2ccccc2NC32CCCC2)cc1C. The van der Waals surface area contributed by atoms with E-state index >= 15 is 0 Å². The number of hydrogen-bond donors (Lipinski definition) is 1. The lowest BCUT2D eigenvalue weighted by Crippen LogP contribution is -2.45. The van der Waals surface area contributed by atoms with Gasteiger partial charge in [-0.15, -0.1) is 0 Å². The molecule has 1 saturated carbocycles. The van der Waals surface area contributed by atoms with E-state index in [4.69, 9.17) is 5.10 Å². The molecule has 5 rings (SSSR count). The van der Waals surface area contributed by atoms with Crippen molar-refractivity contribution in [1.29, 1.82) is 0 Å². The Labute approximate surface area is 158 Å². The van der Waals surface area contributed by atoms with Crippen molar-refractivity contribution in [3.63, 3.8) is 0 Å². The quantitative estimate of drug-likeness (QED) is 0.707. The van der Waals surface area contributed by atoms with Crippen LogP contribution in [0.25, 0.3) is 22.6 Å². The van der Waals surface area contributed by atoms with Crippen LogP contribution in [-0.4, -0.2) is 14.8 Å². The van der Waals surface area contributed by atoms with Crippen LogP contribution in [0.5, 0.6) is 0 Å². The van der Waals surface area contributed by atoms with Crippen LogP contribution in [0.2, 0.25) is 0 Å². The average Bonchev–Trinajstić information content (AvgIpc) is 3.13. The maximum atomic E-state index is 12.9. The van der Waals surface area contributed by atoms with Crippen molar-refractivity contribution in [1.82, 2.24) is 14.8 Å². The highest BCUT2D eigenvalue weighted by Crippen LogP contribution is 2.44. The van der Waals surface area contributed by atoms with E-state index < -0.39 is 0 Å². The molecule has 136 valence electrons. The van der Waals surface area contributed by atoms with Crippen LogP contribution in [-0.2, 0) is 5.66 Å². The normalized spacial score (nSPS) is 16.7. The van der Waals surface area contributed by atoms with Crippen molar-refractivity contribution < 1.29 is 0 Å². The number of benzene rings is 2. The topological polar surface area (TPSA) is 59.8 Å². The van der Waals surface area contributed by atoms with Gasteiger partial charge in [-0.2, -0.15) is 10.1 Å². The summed E-state index contributed by atoms with van der Waals surface area (Å²) in [5.41, 5.74) is 5.02. The van der Waals surface area contributed by atoms with E-state index in [0.717, 1.165) is 48.1 Å². The molecule has 2 heterocycles. The van der Waals surface area contributed by atoms with Crippen LogP contribution >= 0.6 is 0 Å². The van der Waals surface area contributed by atoms with Gasteiger partial charge in [-0.1, -0.05) is 24.3 Å². The number of aryl methyl sites for hydroxylation is 2. The van der Waals surface area contributed by atoms with Gasteiger partial charge in [0.2, 0.25) is 0 Å². The first-order chi connectivity index (χ1) is 13.1. The van der Waals surface area contributed by atoms with Crippen molar-refractivity contribution in [2.75, 3.05) is 5.32 Å². The molecule has 1 fully saturated rings. The van der Waals surface area contributed by atoms with Crippen molar-refractivity contribution in [2.45, 2.75) is 45.2 Å². The highest BCUT2D eigenvalue weighted by atomic mass is 16.1. The molecule has 2 aliphatic rings. The van der Waals surface area contributed by atoms with Gasteiger partial charge < -0.3 is 5.32 Å². The van der Waals surface area contributed by atoms with E-state index in [-0.39, 0.29) is 11.2 Å². The molecular formula is C22H22N4O. The molecule has 1 aromatic heterocycles. The van der Waals surface area contributed by atoms with E-state index in [1.54, 1.807) is 0 Å². The molecule has 1 N–H and O–H groups in total.